The molecule has 0 spiro atoms. The van der Waals surface area contributed by atoms with Gasteiger partial charge in [0, 0.05) is 6.04 Å². The van der Waals surface area contributed by atoms with E-state index in [9.17, 15) is 4.79 Å². The maximum Gasteiger partial charge on any atom is 0.308 e. The molecule has 2 unspecified atom stereocenters. The summed E-state index contributed by atoms with van der Waals surface area (Å²) in [4.78, 5) is 10.8. The second-order valence-electron chi connectivity index (χ2n) is 3.66. The summed E-state index contributed by atoms with van der Waals surface area (Å²) in [6.45, 7) is 3.43. The third-order valence-corrected chi connectivity index (χ3v) is 3.29. The Morgan fingerprint density at radius 2 is 2.00 bits per heavy atom. The van der Waals surface area contributed by atoms with E-state index in [1.165, 1.54) is 0 Å². The summed E-state index contributed by atoms with van der Waals surface area (Å²) in [5.74, 6) is -1.35. The fourth-order valence-corrected chi connectivity index (χ4v) is 1.55. The number of hydrogen-bond donors (Lipinski definition) is 2. The summed E-state index contributed by atoms with van der Waals surface area (Å²) in [6.07, 6.45) is 0. The van der Waals surface area contributed by atoms with Crippen molar-refractivity contribution in [3.8, 4) is 0 Å². The molecule has 1 aromatic carbocycles. The first-order valence-corrected chi connectivity index (χ1v) is 5.62. The van der Waals surface area contributed by atoms with E-state index in [0.717, 1.165) is 0 Å². The maximum atomic E-state index is 10.8. The van der Waals surface area contributed by atoms with Gasteiger partial charge in [0.25, 0.3) is 0 Å². The number of nitrogens with one attached hydrogen (secondary N) is 1. The first-order chi connectivity index (χ1) is 7.43. The Morgan fingerprint density at radius 1 is 1.38 bits per heavy atom. The van der Waals surface area contributed by atoms with Crippen LogP contribution in [-0.4, -0.2) is 17.1 Å². The Balaban J connectivity index is 2.81. The summed E-state index contributed by atoms with van der Waals surface area (Å²) in [5, 5.41) is 12.7. The van der Waals surface area contributed by atoms with Crippen molar-refractivity contribution in [2.24, 2.45) is 5.92 Å². The molecule has 0 aliphatic heterocycles. The Hall–Kier alpha value is -0.930. The van der Waals surface area contributed by atoms with E-state index in [-0.39, 0.29) is 6.04 Å². The molecule has 0 bridgehead atoms. The van der Waals surface area contributed by atoms with Crippen LogP contribution < -0.4 is 5.32 Å². The predicted molar refractivity (Wildman–Crippen MR) is 66.3 cm³/mol. The molecule has 2 N–H and O–H groups in total. The number of hydrogen-bond acceptors (Lipinski definition) is 2. The van der Waals surface area contributed by atoms with Gasteiger partial charge in [0.2, 0.25) is 0 Å². The average molecular weight is 262 g/mol. The zero-order chi connectivity index (χ0) is 12.3. The van der Waals surface area contributed by atoms with Gasteiger partial charge in [-0.3, -0.25) is 4.79 Å². The molecule has 1 aromatic rings. The van der Waals surface area contributed by atoms with Crippen LogP contribution in [0.3, 0.4) is 0 Å². The molecule has 1 rings (SSSR count). The van der Waals surface area contributed by atoms with Gasteiger partial charge >= 0.3 is 5.97 Å². The largest absolute Gasteiger partial charge is 0.481 e. The number of carboxylic acid groups (broad SMARTS) is 1. The Bertz CT molecular complexity index is 396. The van der Waals surface area contributed by atoms with Gasteiger partial charge in [-0.1, -0.05) is 29.3 Å². The zero-order valence-corrected chi connectivity index (χ0v) is 10.5. The predicted octanol–water partition coefficient (Wildman–Crippen LogP) is 3.51. The third kappa shape index (κ3) is 3.03. The minimum Gasteiger partial charge on any atom is -0.481 e. The first-order valence-electron chi connectivity index (χ1n) is 4.87. The van der Waals surface area contributed by atoms with Crippen molar-refractivity contribution in [2.45, 2.75) is 19.9 Å². The Morgan fingerprint density at radius 3 is 2.56 bits per heavy atom. The lowest BCUT2D eigenvalue weighted by atomic mass is 10.0. The zero-order valence-electron chi connectivity index (χ0n) is 9.00. The Kier molecular flexibility index (Phi) is 4.44. The molecule has 0 fully saturated rings. The van der Waals surface area contributed by atoms with Gasteiger partial charge < -0.3 is 10.4 Å². The van der Waals surface area contributed by atoms with E-state index in [1.54, 1.807) is 32.0 Å². The number of aliphatic carboxylic acids is 1. The molecule has 5 heteroatoms. The SMILES string of the molecule is CC(Nc1cccc(Cl)c1Cl)C(C)C(=O)O. The van der Waals surface area contributed by atoms with Crippen LogP contribution in [0.15, 0.2) is 18.2 Å². The lowest BCUT2D eigenvalue weighted by molar-refractivity contribution is -0.141. The van der Waals surface area contributed by atoms with E-state index in [0.29, 0.717) is 15.7 Å². The lowest BCUT2D eigenvalue weighted by Crippen LogP contribution is -2.29. The molecule has 16 heavy (non-hydrogen) atoms. The molecule has 0 radical (unpaired) electrons. The van der Waals surface area contributed by atoms with Crippen LogP contribution in [0.1, 0.15) is 13.8 Å². The van der Waals surface area contributed by atoms with E-state index in [1.807, 2.05) is 0 Å². The highest BCUT2D eigenvalue weighted by atomic mass is 35.5. The molecular weight excluding hydrogens is 249 g/mol. The van der Waals surface area contributed by atoms with Crippen LogP contribution >= 0.6 is 23.2 Å². The van der Waals surface area contributed by atoms with Gasteiger partial charge in [-0.25, -0.2) is 0 Å². The highest BCUT2D eigenvalue weighted by Crippen LogP contribution is 2.30. The van der Waals surface area contributed by atoms with E-state index in [2.05, 4.69) is 5.32 Å². The Labute approximate surface area is 104 Å². The topological polar surface area (TPSA) is 49.3 Å². The van der Waals surface area contributed by atoms with Crippen molar-refractivity contribution in [1.29, 1.82) is 0 Å². The van der Waals surface area contributed by atoms with Gasteiger partial charge in [-0.2, -0.15) is 0 Å². The van der Waals surface area contributed by atoms with Crippen LogP contribution in [0.5, 0.6) is 0 Å². The van der Waals surface area contributed by atoms with Crippen LogP contribution in [0.2, 0.25) is 10.0 Å². The molecule has 0 amide bonds. The van der Waals surface area contributed by atoms with Gasteiger partial charge in [0.1, 0.15) is 0 Å². The van der Waals surface area contributed by atoms with Crippen molar-refractivity contribution < 1.29 is 9.90 Å². The van der Waals surface area contributed by atoms with Gasteiger partial charge in [-0.05, 0) is 26.0 Å². The average Bonchev–Trinajstić information content (AvgIpc) is 2.23. The van der Waals surface area contributed by atoms with Crippen molar-refractivity contribution >= 4 is 34.9 Å². The number of halogens is 2. The number of rotatable bonds is 4. The molecule has 2 atom stereocenters. The number of carbonyl (C=O) groups is 1. The minimum atomic E-state index is -0.849. The summed E-state index contributed by atoms with van der Waals surface area (Å²) in [6, 6.07) is 4.97. The number of anilines is 1. The smallest absolute Gasteiger partial charge is 0.308 e. The normalized spacial score (nSPS) is 14.2. The van der Waals surface area contributed by atoms with Crippen LogP contribution in [0, 0.1) is 5.92 Å². The van der Waals surface area contributed by atoms with Crippen LogP contribution in [0.25, 0.3) is 0 Å². The molecule has 0 aromatic heterocycles. The summed E-state index contributed by atoms with van der Waals surface area (Å²) >= 11 is 11.8. The fourth-order valence-electron chi connectivity index (χ4n) is 1.20. The summed E-state index contributed by atoms with van der Waals surface area (Å²) in [5.41, 5.74) is 0.648. The van der Waals surface area contributed by atoms with Crippen molar-refractivity contribution in [3.63, 3.8) is 0 Å². The monoisotopic (exact) mass is 261 g/mol. The third-order valence-electron chi connectivity index (χ3n) is 2.47. The number of benzene rings is 1. The van der Waals surface area contributed by atoms with E-state index in [4.69, 9.17) is 28.3 Å². The minimum absolute atomic E-state index is 0.228. The van der Waals surface area contributed by atoms with Crippen LogP contribution in [0.4, 0.5) is 5.69 Å². The highest BCUT2D eigenvalue weighted by Gasteiger charge is 2.19. The van der Waals surface area contributed by atoms with Gasteiger partial charge in [0.15, 0.2) is 0 Å². The van der Waals surface area contributed by atoms with Crippen molar-refractivity contribution in [2.75, 3.05) is 5.32 Å². The van der Waals surface area contributed by atoms with Crippen LogP contribution in [-0.2, 0) is 4.79 Å². The lowest BCUT2D eigenvalue weighted by Gasteiger charge is -2.20. The highest BCUT2D eigenvalue weighted by molar-refractivity contribution is 6.43. The molecule has 0 saturated heterocycles. The second kappa shape index (κ2) is 5.41. The van der Waals surface area contributed by atoms with Crippen molar-refractivity contribution in [1.82, 2.24) is 0 Å². The van der Waals surface area contributed by atoms with Gasteiger partial charge in [-0.15, -0.1) is 0 Å². The number of carboxylic acids is 1. The fraction of sp³-hybridized carbons (Fsp3) is 0.364. The summed E-state index contributed by atoms with van der Waals surface area (Å²) < 4.78 is 0. The molecule has 88 valence electrons. The second-order valence-corrected chi connectivity index (χ2v) is 4.45. The molecular formula is C11H13Cl2NO2. The van der Waals surface area contributed by atoms with E-state index < -0.39 is 11.9 Å². The van der Waals surface area contributed by atoms with E-state index >= 15 is 0 Å². The summed E-state index contributed by atoms with van der Waals surface area (Å²) in [7, 11) is 0. The molecule has 3 nitrogen and oxygen atoms in total. The maximum absolute atomic E-state index is 10.8. The molecule has 0 aliphatic carbocycles. The first kappa shape index (κ1) is 13.1. The molecule has 0 aliphatic rings. The molecule has 0 saturated carbocycles. The van der Waals surface area contributed by atoms with Gasteiger partial charge in [0.05, 0.1) is 21.7 Å². The van der Waals surface area contributed by atoms with Crippen molar-refractivity contribution in [3.05, 3.63) is 28.2 Å². The standard InChI is InChI=1S/C11H13Cl2NO2/c1-6(11(15)16)7(2)14-9-5-3-4-8(12)10(9)13/h3-7,14H,1-2H3,(H,15,16). The molecule has 0 heterocycles. The quantitative estimate of drug-likeness (QED) is 0.872.